The van der Waals surface area contributed by atoms with Gasteiger partial charge in [-0.25, -0.2) is 0 Å². The second-order valence-corrected chi connectivity index (χ2v) is 11.3. The molecule has 35 heavy (non-hydrogen) atoms. The van der Waals surface area contributed by atoms with Gasteiger partial charge in [0.25, 0.3) is 0 Å². The molecule has 0 aromatic carbocycles. The molecule has 8 heteroatoms. The number of esters is 1. The number of carbonyl (C=O) groups excluding carboxylic acids is 2. The Morgan fingerprint density at radius 2 is 1.91 bits per heavy atom. The fraction of sp³-hybridized carbons (Fsp3) is 0.667. The van der Waals surface area contributed by atoms with Gasteiger partial charge in [-0.2, -0.15) is 0 Å². The number of fused-ring (bicyclic) bond motifs is 1. The standard InChI is InChI=1S/C27H38ClNO6/c1-16-9-8-11-27(5)22(35-27)14-20(19(28)13-18-10-6-7-12-29-18)34-23(31)15-21(30)26(3,4)25(33)17(2)24(16)32/h6-7,10,12-13,16-17,20-22,24,30,32H,8-9,11,14-15H2,1-5H3/t16-,17+,20-,21-,22?,24-,27?/m0/s1. The lowest BCUT2D eigenvalue weighted by molar-refractivity contribution is -0.154. The number of cyclic esters (lactones) is 1. The van der Waals surface area contributed by atoms with Gasteiger partial charge in [-0.3, -0.25) is 14.6 Å². The van der Waals surface area contributed by atoms with Crippen LogP contribution >= 0.6 is 11.6 Å². The highest BCUT2D eigenvalue weighted by Crippen LogP contribution is 2.45. The fourth-order valence-electron chi connectivity index (χ4n) is 4.88. The van der Waals surface area contributed by atoms with Crippen molar-refractivity contribution in [2.75, 3.05) is 0 Å². The van der Waals surface area contributed by atoms with Gasteiger partial charge >= 0.3 is 5.97 Å². The van der Waals surface area contributed by atoms with Crippen LogP contribution < -0.4 is 0 Å². The molecule has 0 amide bonds. The van der Waals surface area contributed by atoms with E-state index in [0.717, 1.165) is 19.3 Å². The summed E-state index contributed by atoms with van der Waals surface area (Å²) in [6, 6.07) is 5.43. The summed E-state index contributed by atoms with van der Waals surface area (Å²) in [5.41, 5.74) is -0.969. The van der Waals surface area contributed by atoms with Crippen LogP contribution in [-0.2, 0) is 19.1 Å². The molecular formula is C27H38ClNO6. The number of rotatable bonds is 2. The molecular weight excluding hydrogens is 470 g/mol. The first-order valence-corrected chi connectivity index (χ1v) is 12.8. The highest BCUT2D eigenvalue weighted by molar-refractivity contribution is 6.32. The third-order valence-corrected chi connectivity index (χ3v) is 8.04. The number of pyridine rings is 1. The number of hydrogen-bond donors (Lipinski definition) is 2. The minimum atomic E-state index is -1.28. The fourth-order valence-corrected chi connectivity index (χ4v) is 5.13. The minimum Gasteiger partial charge on any atom is -0.456 e. The Labute approximate surface area is 212 Å². The van der Waals surface area contributed by atoms with E-state index in [9.17, 15) is 19.8 Å². The molecule has 2 aliphatic rings. The predicted molar refractivity (Wildman–Crippen MR) is 133 cm³/mol. The van der Waals surface area contributed by atoms with Crippen molar-refractivity contribution in [3.05, 3.63) is 35.1 Å². The van der Waals surface area contributed by atoms with E-state index >= 15 is 0 Å². The highest BCUT2D eigenvalue weighted by atomic mass is 35.5. The zero-order valence-corrected chi connectivity index (χ0v) is 22.0. The molecule has 2 saturated heterocycles. The molecule has 0 saturated carbocycles. The van der Waals surface area contributed by atoms with Crippen LogP contribution in [0.4, 0.5) is 0 Å². The van der Waals surface area contributed by atoms with E-state index in [1.807, 2.05) is 19.9 Å². The van der Waals surface area contributed by atoms with Crippen LogP contribution in [0.15, 0.2) is 29.4 Å². The number of aliphatic hydroxyl groups excluding tert-OH is 2. The molecule has 2 aliphatic heterocycles. The molecule has 7 atom stereocenters. The Morgan fingerprint density at radius 3 is 2.57 bits per heavy atom. The number of ether oxygens (including phenoxy) is 2. The van der Waals surface area contributed by atoms with Gasteiger partial charge in [0.05, 0.1) is 46.5 Å². The zero-order valence-electron chi connectivity index (χ0n) is 21.2. The number of hydrogen-bond acceptors (Lipinski definition) is 7. The van der Waals surface area contributed by atoms with E-state index < -0.39 is 35.6 Å². The van der Waals surface area contributed by atoms with E-state index in [1.54, 1.807) is 45.2 Å². The van der Waals surface area contributed by atoms with E-state index in [0.29, 0.717) is 17.1 Å². The first-order valence-electron chi connectivity index (χ1n) is 12.4. The van der Waals surface area contributed by atoms with Crippen LogP contribution in [0.2, 0.25) is 0 Å². The molecule has 0 aliphatic carbocycles. The van der Waals surface area contributed by atoms with Crippen molar-refractivity contribution in [3.8, 4) is 0 Å². The van der Waals surface area contributed by atoms with Gasteiger partial charge < -0.3 is 19.7 Å². The van der Waals surface area contributed by atoms with Crippen molar-refractivity contribution in [3.63, 3.8) is 0 Å². The maximum Gasteiger partial charge on any atom is 0.309 e. The topological polar surface area (TPSA) is 109 Å². The average Bonchev–Trinajstić information content (AvgIpc) is 3.45. The number of halogens is 1. The summed E-state index contributed by atoms with van der Waals surface area (Å²) in [7, 11) is 0. The normalized spacial score (nSPS) is 37.3. The molecule has 3 heterocycles. The molecule has 0 bridgehead atoms. The second kappa shape index (κ2) is 11.1. The zero-order chi connectivity index (χ0) is 26.0. The Hall–Kier alpha value is -1.80. The van der Waals surface area contributed by atoms with E-state index in [4.69, 9.17) is 21.1 Å². The smallest absolute Gasteiger partial charge is 0.309 e. The first kappa shape index (κ1) is 27.8. The summed E-state index contributed by atoms with van der Waals surface area (Å²) < 4.78 is 11.7. The minimum absolute atomic E-state index is 0.0935. The van der Waals surface area contributed by atoms with Crippen LogP contribution in [0.25, 0.3) is 6.08 Å². The molecule has 1 aromatic heterocycles. The van der Waals surface area contributed by atoms with E-state index in [1.165, 1.54) is 0 Å². The van der Waals surface area contributed by atoms with Gasteiger partial charge in [0.1, 0.15) is 11.9 Å². The Balaban J connectivity index is 1.86. The highest BCUT2D eigenvalue weighted by Gasteiger charge is 2.53. The van der Waals surface area contributed by atoms with Crippen molar-refractivity contribution >= 4 is 29.4 Å². The van der Waals surface area contributed by atoms with Crippen molar-refractivity contribution in [2.24, 2.45) is 17.3 Å². The Bertz CT molecular complexity index is 935. The van der Waals surface area contributed by atoms with Gasteiger partial charge in [-0.1, -0.05) is 51.8 Å². The van der Waals surface area contributed by atoms with Crippen molar-refractivity contribution in [1.29, 1.82) is 0 Å². The van der Waals surface area contributed by atoms with Gasteiger partial charge in [0.15, 0.2) is 0 Å². The van der Waals surface area contributed by atoms with Gasteiger partial charge in [-0.05, 0) is 43.9 Å². The molecule has 3 rings (SSSR count). The summed E-state index contributed by atoms with van der Waals surface area (Å²) in [4.78, 5) is 30.3. The maximum absolute atomic E-state index is 13.2. The molecule has 2 fully saturated rings. The summed E-state index contributed by atoms with van der Waals surface area (Å²) in [5.74, 6) is -1.72. The largest absolute Gasteiger partial charge is 0.456 e. The Morgan fingerprint density at radius 1 is 1.20 bits per heavy atom. The molecule has 1 aromatic rings. The second-order valence-electron chi connectivity index (χ2n) is 10.9. The van der Waals surface area contributed by atoms with Crippen LogP contribution in [0.5, 0.6) is 0 Å². The summed E-state index contributed by atoms with van der Waals surface area (Å²) >= 11 is 6.60. The van der Waals surface area contributed by atoms with Gasteiger partial charge in [-0.15, -0.1) is 0 Å². The first-order chi connectivity index (χ1) is 16.3. The quantitative estimate of drug-likeness (QED) is 0.454. The molecule has 194 valence electrons. The third kappa shape index (κ3) is 6.70. The monoisotopic (exact) mass is 507 g/mol. The predicted octanol–water partition coefficient (Wildman–Crippen LogP) is 4.28. The number of epoxide rings is 1. The summed E-state index contributed by atoms with van der Waals surface area (Å²) in [6.07, 6.45) is 2.64. The van der Waals surface area contributed by atoms with E-state index in [2.05, 4.69) is 4.98 Å². The lowest BCUT2D eigenvalue weighted by atomic mass is 9.73. The van der Waals surface area contributed by atoms with E-state index in [-0.39, 0.29) is 29.8 Å². The number of Topliss-reactive ketones (excluding diaryl/α,β-unsaturated/α-hetero) is 1. The number of carbonyl (C=O) groups is 2. The number of ketones is 1. The van der Waals surface area contributed by atoms with Crippen LogP contribution in [0, 0.1) is 17.3 Å². The van der Waals surface area contributed by atoms with Crippen molar-refractivity contribution in [2.45, 2.75) is 96.7 Å². The summed E-state index contributed by atoms with van der Waals surface area (Å²) in [5, 5.41) is 21.9. The molecule has 0 radical (unpaired) electrons. The van der Waals surface area contributed by atoms with Gasteiger partial charge in [0.2, 0.25) is 0 Å². The Kier molecular flexibility index (Phi) is 8.79. The van der Waals surface area contributed by atoms with Gasteiger partial charge in [0, 0.05) is 18.5 Å². The van der Waals surface area contributed by atoms with Crippen molar-refractivity contribution < 1.29 is 29.3 Å². The average molecular weight is 508 g/mol. The molecule has 0 spiro atoms. The molecule has 7 nitrogen and oxygen atoms in total. The summed E-state index contributed by atoms with van der Waals surface area (Å²) in [6.45, 7) is 8.83. The third-order valence-electron chi connectivity index (χ3n) is 7.69. The molecule has 2 N–H and O–H groups in total. The lowest BCUT2D eigenvalue weighted by Gasteiger charge is -2.34. The maximum atomic E-state index is 13.2. The number of aromatic nitrogens is 1. The number of aliphatic hydroxyl groups is 2. The van der Waals surface area contributed by atoms with Crippen molar-refractivity contribution in [1.82, 2.24) is 4.98 Å². The number of nitrogens with zero attached hydrogens (tertiary/aromatic N) is 1. The van der Waals surface area contributed by atoms with Crippen LogP contribution in [0.1, 0.15) is 72.4 Å². The van der Waals surface area contributed by atoms with Crippen LogP contribution in [-0.4, -0.2) is 57.0 Å². The SMILES string of the molecule is C[C@H]1CCCC2(C)OC2C[C@@H](C(Cl)=Cc2ccccn2)OC(=O)C[C@H](O)C(C)(C)C(=O)[C@H](C)[C@H]1O. The lowest BCUT2D eigenvalue weighted by Crippen LogP contribution is -2.45. The molecule has 2 unspecified atom stereocenters. The van der Waals surface area contributed by atoms with Crippen LogP contribution in [0.3, 0.4) is 0 Å².